The molecule has 19 heavy (non-hydrogen) atoms. The Morgan fingerprint density at radius 1 is 1.16 bits per heavy atom. The van der Waals surface area contributed by atoms with Gasteiger partial charge in [0.2, 0.25) is 0 Å². The minimum Gasteiger partial charge on any atom is -0.460 e. The molecule has 1 unspecified atom stereocenters. The topological polar surface area (TPSA) is 46.5 Å². The maximum absolute atomic E-state index is 11.8. The first-order valence-electron chi connectivity index (χ1n) is 6.84. The average Bonchev–Trinajstić information content (AvgIpc) is 2.37. The third-order valence-corrected chi connectivity index (χ3v) is 3.05. The largest absolute Gasteiger partial charge is 0.460 e. The van der Waals surface area contributed by atoms with Crippen molar-refractivity contribution in [3.05, 3.63) is 35.4 Å². The van der Waals surface area contributed by atoms with Crippen LogP contribution in [0.15, 0.2) is 24.3 Å². The van der Waals surface area contributed by atoms with E-state index in [0.29, 0.717) is 5.92 Å². The van der Waals surface area contributed by atoms with Crippen LogP contribution in [0.3, 0.4) is 0 Å². The average molecular weight is 264 g/mol. The molecule has 1 rings (SSSR count). The molecule has 3 nitrogen and oxygen atoms in total. The molecule has 0 saturated carbocycles. The molecule has 0 aromatic heterocycles. The van der Waals surface area contributed by atoms with Gasteiger partial charge in [0, 0.05) is 0 Å². The third-order valence-electron chi connectivity index (χ3n) is 3.05. The summed E-state index contributed by atoms with van der Waals surface area (Å²) in [5.41, 5.74) is 2.23. The minimum atomic E-state index is -0.449. The fourth-order valence-corrected chi connectivity index (χ4v) is 1.89. The van der Waals surface area contributed by atoms with Gasteiger partial charge in [-0.15, -0.1) is 0 Å². The van der Waals surface area contributed by atoms with E-state index in [0.717, 1.165) is 12.0 Å². The van der Waals surface area contributed by atoms with Crippen molar-refractivity contribution in [2.45, 2.75) is 46.1 Å². The lowest BCUT2D eigenvalue weighted by Gasteiger charge is -2.16. The molecular weight excluding hydrogens is 240 g/mol. The van der Waals surface area contributed by atoms with Crippen LogP contribution in [0.5, 0.6) is 0 Å². The van der Waals surface area contributed by atoms with Crippen LogP contribution in [0, 0.1) is 5.92 Å². The van der Waals surface area contributed by atoms with Gasteiger partial charge in [0.1, 0.15) is 6.10 Å². The lowest BCUT2D eigenvalue weighted by molar-refractivity contribution is -0.151. The normalized spacial score (nSPS) is 14.2. The molecule has 0 saturated heterocycles. The van der Waals surface area contributed by atoms with E-state index in [4.69, 9.17) is 9.84 Å². The zero-order valence-electron chi connectivity index (χ0n) is 12.2. The third kappa shape index (κ3) is 5.03. The number of rotatable bonds is 6. The molecule has 0 amide bonds. The Labute approximate surface area is 115 Å². The first-order valence-corrected chi connectivity index (χ1v) is 6.84. The fraction of sp³-hybridized carbons (Fsp3) is 0.562. The van der Waals surface area contributed by atoms with Gasteiger partial charge in [-0.3, -0.25) is 4.79 Å². The molecule has 2 atom stereocenters. The van der Waals surface area contributed by atoms with E-state index in [-0.39, 0.29) is 18.5 Å². The van der Waals surface area contributed by atoms with Crippen LogP contribution in [0.1, 0.15) is 44.7 Å². The Kier molecular flexibility index (Phi) is 6.03. The van der Waals surface area contributed by atoms with Gasteiger partial charge in [0.15, 0.2) is 0 Å². The van der Waals surface area contributed by atoms with Gasteiger partial charge in [0.05, 0.1) is 12.5 Å². The Morgan fingerprint density at radius 2 is 1.74 bits per heavy atom. The SMILES string of the molecule is CC(C)Cc1ccc([C@H](C)C(=O)OC(C)CO)cc1. The van der Waals surface area contributed by atoms with E-state index in [2.05, 4.69) is 26.0 Å². The van der Waals surface area contributed by atoms with E-state index in [1.165, 1.54) is 5.56 Å². The molecule has 3 heteroatoms. The van der Waals surface area contributed by atoms with Crippen molar-refractivity contribution in [3.63, 3.8) is 0 Å². The molecule has 106 valence electrons. The number of carbonyl (C=O) groups excluding carboxylic acids is 1. The predicted molar refractivity (Wildman–Crippen MR) is 76.0 cm³/mol. The quantitative estimate of drug-likeness (QED) is 0.804. The fourth-order valence-electron chi connectivity index (χ4n) is 1.89. The van der Waals surface area contributed by atoms with Gasteiger partial charge in [0.25, 0.3) is 0 Å². The molecule has 1 aromatic carbocycles. The number of aliphatic hydroxyl groups excluding tert-OH is 1. The zero-order chi connectivity index (χ0) is 14.4. The van der Waals surface area contributed by atoms with Crippen LogP contribution >= 0.6 is 0 Å². The summed E-state index contributed by atoms with van der Waals surface area (Å²) in [4.78, 5) is 11.8. The molecule has 1 N–H and O–H groups in total. The van der Waals surface area contributed by atoms with Crippen molar-refractivity contribution in [2.24, 2.45) is 5.92 Å². The summed E-state index contributed by atoms with van der Waals surface area (Å²) in [7, 11) is 0. The monoisotopic (exact) mass is 264 g/mol. The number of ether oxygens (including phenoxy) is 1. The standard InChI is InChI=1S/C16H24O3/c1-11(2)9-14-5-7-15(8-6-14)13(4)16(18)19-12(3)10-17/h5-8,11-13,17H,9-10H2,1-4H3/t12?,13-/m0/s1. The van der Waals surface area contributed by atoms with Gasteiger partial charge >= 0.3 is 5.97 Å². The highest BCUT2D eigenvalue weighted by Gasteiger charge is 2.18. The van der Waals surface area contributed by atoms with Crippen molar-refractivity contribution in [1.29, 1.82) is 0 Å². The summed E-state index contributed by atoms with van der Waals surface area (Å²) < 4.78 is 5.12. The summed E-state index contributed by atoms with van der Waals surface area (Å²) in [6.45, 7) is 7.72. The van der Waals surface area contributed by atoms with Crippen LogP contribution < -0.4 is 0 Å². The van der Waals surface area contributed by atoms with Gasteiger partial charge in [-0.25, -0.2) is 0 Å². The van der Waals surface area contributed by atoms with Gasteiger partial charge < -0.3 is 9.84 Å². The van der Waals surface area contributed by atoms with Crippen LogP contribution in [0.2, 0.25) is 0 Å². The number of esters is 1. The van der Waals surface area contributed by atoms with Crippen molar-refractivity contribution in [2.75, 3.05) is 6.61 Å². The molecule has 0 heterocycles. The second-order valence-corrected chi connectivity index (χ2v) is 5.49. The van der Waals surface area contributed by atoms with Crippen molar-refractivity contribution in [3.8, 4) is 0 Å². The Balaban J connectivity index is 2.66. The number of carbonyl (C=O) groups is 1. The van der Waals surface area contributed by atoms with Crippen LogP contribution in [-0.4, -0.2) is 23.8 Å². The first-order chi connectivity index (χ1) is 8.93. The molecule has 1 aromatic rings. The maximum atomic E-state index is 11.8. The molecule has 0 aliphatic carbocycles. The lowest BCUT2D eigenvalue weighted by Crippen LogP contribution is -2.22. The van der Waals surface area contributed by atoms with Gasteiger partial charge in [-0.2, -0.15) is 0 Å². The second-order valence-electron chi connectivity index (χ2n) is 5.49. The Morgan fingerprint density at radius 3 is 2.21 bits per heavy atom. The summed E-state index contributed by atoms with van der Waals surface area (Å²) in [5.74, 6) is 0.0268. The smallest absolute Gasteiger partial charge is 0.313 e. The highest BCUT2D eigenvalue weighted by Crippen LogP contribution is 2.19. The molecule has 0 radical (unpaired) electrons. The maximum Gasteiger partial charge on any atom is 0.313 e. The van der Waals surface area contributed by atoms with Crippen molar-refractivity contribution >= 4 is 5.97 Å². The molecule has 0 spiro atoms. The molecule has 0 fully saturated rings. The number of aliphatic hydroxyl groups is 1. The molecule has 0 aliphatic heterocycles. The van der Waals surface area contributed by atoms with E-state index in [9.17, 15) is 4.79 Å². The Hall–Kier alpha value is -1.35. The summed E-state index contributed by atoms with van der Waals surface area (Å²) in [5, 5.41) is 8.88. The van der Waals surface area contributed by atoms with E-state index in [1.807, 2.05) is 19.1 Å². The highest BCUT2D eigenvalue weighted by molar-refractivity contribution is 5.77. The van der Waals surface area contributed by atoms with Crippen LogP contribution in [-0.2, 0) is 16.0 Å². The van der Waals surface area contributed by atoms with Crippen molar-refractivity contribution in [1.82, 2.24) is 0 Å². The predicted octanol–water partition coefficient (Wildman–Crippen LogP) is 2.91. The van der Waals surface area contributed by atoms with Crippen molar-refractivity contribution < 1.29 is 14.6 Å². The molecule has 0 bridgehead atoms. The van der Waals surface area contributed by atoms with Crippen LogP contribution in [0.25, 0.3) is 0 Å². The lowest BCUT2D eigenvalue weighted by atomic mass is 9.97. The Bertz CT molecular complexity index is 395. The number of benzene rings is 1. The minimum absolute atomic E-state index is 0.147. The number of hydrogen-bond acceptors (Lipinski definition) is 3. The summed E-state index contributed by atoms with van der Waals surface area (Å²) in [6, 6.07) is 8.09. The van der Waals surface area contributed by atoms with E-state index >= 15 is 0 Å². The van der Waals surface area contributed by atoms with E-state index in [1.54, 1.807) is 6.92 Å². The second kappa shape index (κ2) is 7.29. The molecular formula is C16H24O3. The van der Waals surface area contributed by atoms with Gasteiger partial charge in [-0.1, -0.05) is 38.1 Å². The number of hydrogen-bond donors (Lipinski definition) is 1. The van der Waals surface area contributed by atoms with Gasteiger partial charge in [-0.05, 0) is 37.3 Å². The summed E-state index contributed by atoms with van der Waals surface area (Å²) >= 11 is 0. The highest BCUT2D eigenvalue weighted by atomic mass is 16.6. The van der Waals surface area contributed by atoms with Crippen LogP contribution in [0.4, 0.5) is 0 Å². The molecule has 0 aliphatic rings. The zero-order valence-corrected chi connectivity index (χ0v) is 12.2. The summed E-state index contributed by atoms with van der Waals surface area (Å²) in [6.07, 6.45) is 0.593. The van der Waals surface area contributed by atoms with E-state index < -0.39 is 6.10 Å². The first kappa shape index (κ1) is 15.7.